The van der Waals surface area contributed by atoms with Gasteiger partial charge in [-0.2, -0.15) is 0 Å². The molecular weight excluding hydrogens is 427 g/mol. The summed E-state index contributed by atoms with van der Waals surface area (Å²) in [6.07, 6.45) is 0. The van der Waals surface area contributed by atoms with E-state index in [1.807, 2.05) is 30.3 Å². The molecule has 1 aliphatic heterocycles. The number of ether oxygens (including phenoxy) is 1. The van der Waals surface area contributed by atoms with Crippen LogP contribution in [0.25, 0.3) is 0 Å². The zero-order valence-electron chi connectivity index (χ0n) is 17.4. The topological polar surface area (TPSA) is 92.8 Å². The normalized spacial score (nSPS) is 12.5. The fourth-order valence-electron chi connectivity index (χ4n) is 3.40. The monoisotopic (exact) mass is 446 g/mol. The zero-order chi connectivity index (χ0) is 23.4. The van der Waals surface area contributed by atoms with E-state index in [4.69, 9.17) is 4.74 Å². The Labute approximate surface area is 188 Å². The molecular formula is C25H19FN2O5. The third kappa shape index (κ3) is 4.95. The van der Waals surface area contributed by atoms with E-state index in [9.17, 15) is 23.6 Å². The maximum absolute atomic E-state index is 12.9. The van der Waals surface area contributed by atoms with Gasteiger partial charge in [0.1, 0.15) is 5.82 Å². The van der Waals surface area contributed by atoms with Gasteiger partial charge in [0.05, 0.1) is 23.2 Å². The quantitative estimate of drug-likeness (QED) is 0.445. The van der Waals surface area contributed by atoms with Crippen molar-refractivity contribution in [2.75, 3.05) is 6.61 Å². The van der Waals surface area contributed by atoms with Gasteiger partial charge in [-0.1, -0.05) is 42.5 Å². The molecule has 1 N–H and O–H groups in total. The summed E-state index contributed by atoms with van der Waals surface area (Å²) < 4.78 is 17.9. The highest BCUT2D eigenvalue weighted by atomic mass is 19.1. The highest BCUT2D eigenvalue weighted by molar-refractivity contribution is 6.21. The third-order valence-corrected chi connectivity index (χ3v) is 5.13. The number of hydrogen-bond acceptors (Lipinski definition) is 5. The van der Waals surface area contributed by atoms with Crippen LogP contribution < -0.4 is 5.32 Å². The lowest BCUT2D eigenvalue weighted by atomic mass is 10.1. The third-order valence-electron chi connectivity index (χ3n) is 5.13. The lowest BCUT2D eigenvalue weighted by Gasteiger charge is -2.13. The van der Waals surface area contributed by atoms with Crippen molar-refractivity contribution in [3.63, 3.8) is 0 Å². The highest BCUT2D eigenvalue weighted by Crippen LogP contribution is 2.26. The van der Waals surface area contributed by atoms with Crippen molar-refractivity contribution in [3.8, 4) is 0 Å². The van der Waals surface area contributed by atoms with Crippen LogP contribution in [0.3, 0.4) is 0 Å². The minimum absolute atomic E-state index is 0.0581. The Morgan fingerprint density at radius 2 is 1.55 bits per heavy atom. The Kier molecular flexibility index (Phi) is 6.26. The second-order valence-corrected chi connectivity index (χ2v) is 7.42. The molecule has 0 radical (unpaired) electrons. The van der Waals surface area contributed by atoms with Gasteiger partial charge in [-0.25, -0.2) is 9.18 Å². The van der Waals surface area contributed by atoms with Crippen molar-refractivity contribution in [3.05, 3.63) is 106 Å². The maximum Gasteiger partial charge on any atom is 0.338 e. The van der Waals surface area contributed by atoms with Gasteiger partial charge in [-0.05, 0) is 41.5 Å². The van der Waals surface area contributed by atoms with E-state index in [-0.39, 0.29) is 35.6 Å². The van der Waals surface area contributed by atoms with Gasteiger partial charge in [-0.15, -0.1) is 0 Å². The number of benzene rings is 3. The molecule has 4 rings (SSSR count). The first kappa shape index (κ1) is 21.9. The lowest BCUT2D eigenvalue weighted by molar-refractivity contribution is -0.124. The second-order valence-electron chi connectivity index (χ2n) is 7.42. The number of rotatable bonds is 7. The van der Waals surface area contributed by atoms with Crippen molar-refractivity contribution in [1.29, 1.82) is 0 Å². The molecule has 0 aliphatic carbocycles. The molecule has 0 saturated carbocycles. The van der Waals surface area contributed by atoms with Gasteiger partial charge in [0.25, 0.3) is 17.7 Å². The summed E-state index contributed by atoms with van der Waals surface area (Å²) in [5, 5.41) is 2.56. The average molecular weight is 446 g/mol. The Balaban J connectivity index is 1.35. The van der Waals surface area contributed by atoms with E-state index in [1.165, 1.54) is 42.5 Å². The molecule has 0 atom stereocenters. The minimum atomic E-state index is -0.795. The molecule has 1 heterocycles. The van der Waals surface area contributed by atoms with Crippen molar-refractivity contribution < 1.29 is 28.3 Å². The first-order chi connectivity index (χ1) is 15.9. The molecule has 1 aliphatic rings. The van der Waals surface area contributed by atoms with E-state index in [2.05, 4.69) is 5.32 Å². The molecule has 166 valence electrons. The molecule has 0 fully saturated rings. The average Bonchev–Trinajstić information content (AvgIpc) is 3.07. The number of fused-ring (bicyclic) bond motifs is 1. The number of carbonyl (C=O) groups excluding carboxylic acids is 4. The molecule has 3 aromatic rings. The van der Waals surface area contributed by atoms with Crippen molar-refractivity contribution >= 4 is 23.7 Å². The van der Waals surface area contributed by atoms with Crippen molar-refractivity contribution in [2.24, 2.45) is 0 Å². The summed E-state index contributed by atoms with van der Waals surface area (Å²) >= 11 is 0. The number of amides is 3. The molecule has 0 unspecified atom stereocenters. The SMILES string of the molecule is O=C(COC(=O)c1ccc2c(c1)C(=O)N(Cc1ccccc1)C2=O)NCc1ccc(F)cc1. The van der Waals surface area contributed by atoms with Crippen molar-refractivity contribution in [1.82, 2.24) is 10.2 Å². The number of nitrogens with one attached hydrogen (secondary N) is 1. The van der Waals surface area contributed by atoms with E-state index >= 15 is 0 Å². The fourth-order valence-corrected chi connectivity index (χ4v) is 3.40. The predicted octanol–water partition coefficient (Wildman–Crippen LogP) is 3.10. The first-order valence-electron chi connectivity index (χ1n) is 10.1. The molecule has 33 heavy (non-hydrogen) atoms. The van der Waals surface area contributed by atoms with Crippen LogP contribution >= 0.6 is 0 Å². The second kappa shape index (κ2) is 9.44. The predicted molar refractivity (Wildman–Crippen MR) is 116 cm³/mol. The van der Waals surface area contributed by atoms with Crippen LogP contribution in [0, 0.1) is 5.82 Å². The number of halogens is 1. The summed E-state index contributed by atoms with van der Waals surface area (Å²) in [6, 6.07) is 18.8. The molecule has 0 saturated heterocycles. The largest absolute Gasteiger partial charge is 0.452 e. The highest BCUT2D eigenvalue weighted by Gasteiger charge is 2.36. The molecule has 0 spiro atoms. The molecule has 0 aromatic heterocycles. The van der Waals surface area contributed by atoms with Gasteiger partial charge >= 0.3 is 5.97 Å². The lowest BCUT2D eigenvalue weighted by Crippen LogP contribution is -2.29. The molecule has 3 amide bonds. The van der Waals surface area contributed by atoms with Gasteiger partial charge in [0.15, 0.2) is 6.61 Å². The Bertz CT molecular complexity index is 1230. The van der Waals surface area contributed by atoms with E-state index in [0.29, 0.717) is 5.56 Å². The summed E-state index contributed by atoms with van der Waals surface area (Å²) in [5.74, 6) is -2.63. The number of nitrogens with zero attached hydrogens (tertiary/aromatic N) is 1. The van der Waals surface area contributed by atoms with Crippen LogP contribution in [0.5, 0.6) is 0 Å². The maximum atomic E-state index is 12.9. The van der Waals surface area contributed by atoms with Crippen LogP contribution in [0.4, 0.5) is 4.39 Å². The number of esters is 1. The van der Waals surface area contributed by atoms with Crippen LogP contribution in [0.2, 0.25) is 0 Å². The minimum Gasteiger partial charge on any atom is -0.452 e. The van der Waals surface area contributed by atoms with Crippen LogP contribution in [-0.2, 0) is 22.6 Å². The van der Waals surface area contributed by atoms with Gasteiger partial charge in [0, 0.05) is 6.54 Å². The van der Waals surface area contributed by atoms with Gasteiger partial charge in [-0.3, -0.25) is 19.3 Å². The Hall–Kier alpha value is -4.33. The smallest absolute Gasteiger partial charge is 0.338 e. The van der Waals surface area contributed by atoms with E-state index in [1.54, 1.807) is 0 Å². The molecule has 3 aromatic carbocycles. The standard InChI is InChI=1S/C25H19FN2O5/c26-19-9-6-16(7-10-19)13-27-22(29)15-33-25(32)18-8-11-20-21(12-18)24(31)28(23(20)30)14-17-4-2-1-3-5-17/h1-12H,13-15H2,(H,27,29). The summed E-state index contributed by atoms with van der Waals surface area (Å²) in [5.41, 5.74) is 1.88. The Morgan fingerprint density at radius 3 is 2.27 bits per heavy atom. The van der Waals surface area contributed by atoms with Crippen LogP contribution in [-0.4, -0.2) is 35.2 Å². The van der Waals surface area contributed by atoms with Gasteiger partial charge in [0.2, 0.25) is 0 Å². The number of imide groups is 1. The van der Waals surface area contributed by atoms with Crippen molar-refractivity contribution in [2.45, 2.75) is 13.1 Å². The summed E-state index contributed by atoms with van der Waals surface area (Å²) in [6.45, 7) is -0.241. The zero-order valence-corrected chi connectivity index (χ0v) is 17.4. The summed E-state index contributed by atoms with van der Waals surface area (Å²) in [7, 11) is 0. The van der Waals surface area contributed by atoms with Gasteiger partial charge < -0.3 is 10.1 Å². The fraction of sp³-hybridized carbons (Fsp3) is 0.120. The van der Waals surface area contributed by atoms with E-state index in [0.717, 1.165) is 10.5 Å². The molecule has 7 nitrogen and oxygen atoms in total. The van der Waals surface area contributed by atoms with Crippen LogP contribution in [0.1, 0.15) is 42.2 Å². The molecule has 8 heteroatoms. The molecule has 0 bridgehead atoms. The first-order valence-corrected chi connectivity index (χ1v) is 10.1. The van der Waals surface area contributed by atoms with Crippen LogP contribution in [0.15, 0.2) is 72.8 Å². The Morgan fingerprint density at radius 1 is 0.848 bits per heavy atom. The van der Waals surface area contributed by atoms with E-state index < -0.39 is 30.3 Å². The number of hydrogen-bond donors (Lipinski definition) is 1. The summed E-state index contributed by atoms with van der Waals surface area (Å²) in [4.78, 5) is 50.8. The number of carbonyl (C=O) groups is 4.